The number of nitrogens with one attached hydrogen (secondary N) is 3. The van der Waals surface area contributed by atoms with Crippen molar-refractivity contribution in [3.63, 3.8) is 0 Å². The number of carbonyl (C=O) groups is 2. The normalized spacial score (nSPS) is 19.8. The van der Waals surface area contributed by atoms with Crippen molar-refractivity contribution in [2.45, 2.75) is 57.9 Å². The van der Waals surface area contributed by atoms with Gasteiger partial charge >= 0.3 is 12.2 Å². The van der Waals surface area contributed by atoms with Gasteiger partial charge in [0.25, 0.3) is 0 Å². The van der Waals surface area contributed by atoms with Gasteiger partial charge in [-0.05, 0) is 39.2 Å². The van der Waals surface area contributed by atoms with Gasteiger partial charge in [0.15, 0.2) is 0 Å². The van der Waals surface area contributed by atoms with Crippen LogP contribution in [0.15, 0.2) is 30.3 Å². The summed E-state index contributed by atoms with van der Waals surface area (Å²) in [5, 5.41) is 2.80. The Kier molecular flexibility index (Phi) is 6.03. The van der Waals surface area contributed by atoms with E-state index < -0.39 is 17.8 Å². The maximum absolute atomic E-state index is 11.7. The summed E-state index contributed by atoms with van der Waals surface area (Å²) in [5.74, 6) is 0. The minimum absolute atomic E-state index is 0.0474. The summed E-state index contributed by atoms with van der Waals surface area (Å²) in [6.07, 6.45) is 0.496. The Morgan fingerprint density at radius 2 is 1.75 bits per heavy atom. The van der Waals surface area contributed by atoms with Crippen LogP contribution in [0, 0.1) is 0 Å². The van der Waals surface area contributed by atoms with Crippen LogP contribution in [0.2, 0.25) is 0 Å². The van der Waals surface area contributed by atoms with Crippen molar-refractivity contribution in [2.75, 3.05) is 0 Å². The Morgan fingerprint density at radius 1 is 1.08 bits per heavy atom. The first kappa shape index (κ1) is 18.1. The third-order valence-electron chi connectivity index (χ3n) is 3.45. The van der Waals surface area contributed by atoms with Gasteiger partial charge in [-0.25, -0.2) is 15.0 Å². The summed E-state index contributed by atoms with van der Waals surface area (Å²) in [4.78, 5) is 23.2. The average molecular weight is 335 g/mol. The predicted molar refractivity (Wildman–Crippen MR) is 89.1 cm³/mol. The first-order valence-corrected chi connectivity index (χ1v) is 8.03. The van der Waals surface area contributed by atoms with Crippen molar-refractivity contribution in [2.24, 2.45) is 0 Å². The maximum atomic E-state index is 11.7. The number of benzene rings is 1. The molecule has 0 radical (unpaired) electrons. The largest absolute Gasteiger partial charge is 0.445 e. The standard InChI is InChI=1S/C17H25N3O4/c1-17(2,3)24-16(22)20-19-14-9-13(10-14)18-15(21)23-11-12-7-5-4-6-8-12/h4-8,13-14,19H,9-11H2,1-3H3,(H,18,21)(H,20,22). The molecule has 1 aromatic carbocycles. The van der Waals surface area contributed by atoms with Gasteiger partial charge < -0.3 is 14.8 Å². The Labute approximate surface area is 142 Å². The van der Waals surface area contributed by atoms with Crippen LogP contribution in [0.25, 0.3) is 0 Å². The zero-order valence-corrected chi connectivity index (χ0v) is 14.3. The minimum atomic E-state index is -0.530. The number of carbonyl (C=O) groups excluding carboxylic acids is 2. The molecule has 1 aliphatic rings. The Balaban J connectivity index is 1.56. The van der Waals surface area contributed by atoms with E-state index in [0.717, 1.165) is 18.4 Å². The number of hydrogen-bond acceptors (Lipinski definition) is 5. The van der Waals surface area contributed by atoms with Crippen LogP contribution < -0.4 is 16.2 Å². The highest BCUT2D eigenvalue weighted by Crippen LogP contribution is 2.19. The van der Waals surface area contributed by atoms with Gasteiger partial charge in [0.2, 0.25) is 0 Å². The lowest BCUT2D eigenvalue weighted by Crippen LogP contribution is -2.57. The summed E-state index contributed by atoms with van der Waals surface area (Å²) in [6.45, 7) is 5.66. The molecule has 0 saturated heterocycles. The van der Waals surface area contributed by atoms with Crippen molar-refractivity contribution >= 4 is 12.2 Å². The summed E-state index contributed by atoms with van der Waals surface area (Å²) >= 11 is 0. The number of alkyl carbamates (subject to hydrolysis) is 1. The highest BCUT2D eigenvalue weighted by Gasteiger charge is 2.31. The third-order valence-corrected chi connectivity index (χ3v) is 3.45. The van der Waals surface area contributed by atoms with E-state index in [-0.39, 0.29) is 18.7 Å². The van der Waals surface area contributed by atoms with Crippen LogP contribution >= 0.6 is 0 Å². The van der Waals surface area contributed by atoms with Crippen LogP contribution in [0.4, 0.5) is 9.59 Å². The van der Waals surface area contributed by atoms with Gasteiger partial charge in [-0.3, -0.25) is 5.43 Å². The van der Waals surface area contributed by atoms with Crippen molar-refractivity contribution < 1.29 is 19.1 Å². The number of ether oxygens (including phenoxy) is 2. The Hall–Kier alpha value is -2.28. The molecule has 132 valence electrons. The molecular weight excluding hydrogens is 310 g/mol. The number of hydrazine groups is 1. The second-order valence-electron chi connectivity index (χ2n) is 6.84. The first-order chi connectivity index (χ1) is 11.3. The van der Waals surface area contributed by atoms with E-state index in [1.165, 1.54) is 0 Å². The van der Waals surface area contributed by atoms with E-state index in [9.17, 15) is 9.59 Å². The van der Waals surface area contributed by atoms with Crippen molar-refractivity contribution in [1.82, 2.24) is 16.2 Å². The Morgan fingerprint density at radius 3 is 2.38 bits per heavy atom. The monoisotopic (exact) mass is 335 g/mol. The molecular formula is C17H25N3O4. The molecule has 0 unspecified atom stereocenters. The zero-order chi connectivity index (χ0) is 17.6. The number of rotatable bonds is 5. The molecule has 2 amide bonds. The van der Waals surface area contributed by atoms with Crippen molar-refractivity contribution in [3.8, 4) is 0 Å². The van der Waals surface area contributed by atoms with E-state index in [1.54, 1.807) is 20.8 Å². The number of hydrogen-bond donors (Lipinski definition) is 3. The SMILES string of the molecule is CC(C)(C)OC(=O)NNC1CC(NC(=O)OCc2ccccc2)C1. The van der Waals surface area contributed by atoms with Crippen LogP contribution in [0.5, 0.6) is 0 Å². The average Bonchev–Trinajstić information content (AvgIpc) is 2.46. The molecule has 0 aromatic heterocycles. The molecule has 7 heteroatoms. The minimum Gasteiger partial charge on any atom is -0.445 e. The summed E-state index contributed by atoms with van der Waals surface area (Å²) in [6, 6.07) is 9.67. The Bertz CT molecular complexity index is 551. The molecule has 0 aliphatic heterocycles. The van der Waals surface area contributed by atoms with Crippen molar-refractivity contribution in [1.29, 1.82) is 0 Å². The van der Waals surface area contributed by atoms with Gasteiger partial charge in [0, 0.05) is 12.1 Å². The second-order valence-corrected chi connectivity index (χ2v) is 6.84. The molecule has 7 nitrogen and oxygen atoms in total. The first-order valence-electron chi connectivity index (χ1n) is 8.03. The zero-order valence-electron chi connectivity index (χ0n) is 14.3. The van der Waals surface area contributed by atoms with Gasteiger partial charge in [-0.15, -0.1) is 0 Å². The molecule has 0 spiro atoms. The predicted octanol–water partition coefficient (Wildman–Crippen LogP) is 2.47. The van der Waals surface area contributed by atoms with Crippen LogP contribution in [0.1, 0.15) is 39.2 Å². The summed E-state index contributed by atoms with van der Waals surface area (Å²) in [5.41, 5.74) is 5.81. The van der Waals surface area contributed by atoms with Crippen LogP contribution in [0.3, 0.4) is 0 Å². The fraction of sp³-hybridized carbons (Fsp3) is 0.529. The molecule has 1 aliphatic carbocycles. The quantitative estimate of drug-likeness (QED) is 0.720. The molecule has 1 aromatic rings. The second kappa shape index (κ2) is 8.01. The number of amides is 2. The molecule has 1 fully saturated rings. The summed E-state index contributed by atoms with van der Waals surface area (Å²) in [7, 11) is 0. The van der Waals surface area contributed by atoms with Gasteiger partial charge in [0.1, 0.15) is 12.2 Å². The topological polar surface area (TPSA) is 88.7 Å². The van der Waals surface area contributed by atoms with Crippen LogP contribution in [-0.2, 0) is 16.1 Å². The van der Waals surface area contributed by atoms with E-state index in [2.05, 4.69) is 16.2 Å². The highest BCUT2D eigenvalue weighted by molar-refractivity contribution is 5.68. The van der Waals surface area contributed by atoms with Gasteiger partial charge in [-0.2, -0.15) is 0 Å². The third kappa shape index (κ3) is 6.45. The molecule has 3 N–H and O–H groups in total. The van der Waals surface area contributed by atoms with Gasteiger partial charge in [-0.1, -0.05) is 30.3 Å². The molecule has 0 bridgehead atoms. The lowest BCUT2D eigenvalue weighted by molar-refractivity contribution is 0.0465. The summed E-state index contributed by atoms with van der Waals surface area (Å²) < 4.78 is 10.3. The maximum Gasteiger partial charge on any atom is 0.422 e. The van der Waals surface area contributed by atoms with E-state index in [4.69, 9.17) is 9.47 Å². The van der Waals surface area contributed by atoms with E-state index in [0.29, 0.717) is 0 Å². The molecule has 24 heavy (non-hydrogen) atoms. The van der Waals surface area contributed by atoms with E-state index in [1.807, 2.05) is 30.3 Å². The molecule has 2 rings (SSSR count). The lowest BCUT2D eigenvalue weighted by atomic mass is 9.87. The van der Waals surface area contributed by atoms with Crippen LogP contribution in [-0.4, -0.2) is 29.9 Å². The fourth-order valence-corrected chi connectivity index (χ4v) is 2.25. The lowest BCUT2D eigenvalue weighted by Gasteiger charge is -2.36. The smallest absolute Gasteiger partial charge is 0.422 e. The molecule has 0 heterocycles. The highest BCUT2D eigenvalue weighted by atomic mass is 16.6. The van der Waals surface area contributed by atoms with E-state index >= 15 is 0 Å². The van der Waals surface area contributed by atoms with Crippen molar-refractivity contribution in [3.05, 3.63) is 35.9 Å². The molecule has 0 atom stereocenters. The molecule has 1 saturated carbocycles. The fourth-order valence-electron chi connectivity index (χ4n) is 2.25. The van der Waals surface area contributed by atoms with Gasteiger partial charge in [0.05, 0.1) is 0 Å².